The van der Waals surface area contributed by atoms with Crippen LogP contribution in [0.1, 0.15) is 22.3 Å². The summed E-state index contributed by atoms with van der Waals surface area (Å²) in [6.07, 6.45) is -0.167. The predicted molar refractivity (Wildman–Crippen MR) is 111 cm³/mol. The molecule has 2 aromatic carbocycles. The number of nitrogens with zero attached hydrogens (tertiary/aromatic N) is 2. The van der Waals surface area contributed by atoms with Crippen LogP contribution < -0.4 is 10.7 Å². The van der Waals surface area contributed by atoms with Gasteiger partial charge in [0.25, 0.3) is 17.5 Å². The summed E-state index contributed by atoms with van der Waals surface area (Å²) in [6.45, 7) is 1.18. The first-order valence-corrected chi connectivity index (χ1v) is 9.62. The fourth-order valence-corrected chi connectivity index (χ4v) is 3.01. The summed E-state index contributed by atoms with van der Waals surface area (Å²) in [6, 6.07) is 12.1. The van der Waals surface area contributed by atoms with Crippen LogP contribution in [0.15, 0.2) is 48.5 Å². The molecule has 1 fully saturated rings. The highest BCUT2D eigenvalue weighted by atomic mass is 16.6. The van der Waals surface area contributed by atoms with Crippen LogP contribution in [0.4, 0.5) is 11.4 Å². The number of carbonyl (C=O) groups excluding carboxylic acids is 4. The smallest absolute Gasteiger partial charge is 0.311 e. The van der Waals surface area contributed by atoms with Crippen LogP contribution >= 0.6 is 0 Å². The second kappa shape index (κ2) is 9.69. The van der Waals surface area contributed by atoms with Crippen molar-refractivity contribution in [3.8, 4) is 0 Å². The van der Waals surface area contributed by atoms with Gasteiger partial charge in [-0.1, -0.05) is 23.8 Å². The molecule has 11 nitrogen and oxygen atoms in total. The van der Waals surface area contributed by atoms with E-state index in [1.54, 1.807) is 24.3 Å². The number of hydrazine groups is 1. The molecule has 1 atom stereocenters. The second-order valence-corrected chi connectivity index (χ2v) is 7.18. The van der Waals surface area contributed by atoms with Crippen LogP contribution in [0.3, 0.4) is 0 Å². The van der Waals surface area contributed by atoms with Crippen LogP contribution in [0.5, 0.6) is 0 Å². The number of aryl methyl sites for hydroxylation is 1. The average Bonchev–Trinajstić information content (AvgIpc) is 3.13. The van der Waals surface area contributed by atoms with Gasteiger partial charge in [-0.25, -0.2) is 0 Å². The lowest BCUT2D eigenvalue weighted by molar-refractivity contribution is -0.384. The van der Waals surface area contributed by atoms with Crippen molar-refractivity contribution in [1.29, 1.82) is 0 Å². The number of nitrogens with one attached hydrogen (secondary N) is 2. The zero-order valence-corrected chi connectivity index (χ0v) is 17.1. The standard InChI is InChI=1S/C21H20N4O7/c1-13-5-7-14(8-6-13)20(28)23-24-11-15(9-19(24)27)21(29)32-12-18(26)22-16-3-2-4-17(10-16)25(30)31/h2-8,10,15H,9,11-12H2,1H3,(H,22,26)(H,23,28)/t15-/m1/s1. The Labute approximate surface area is 182 Å². The Kier molecular flexibility index (Phi) is 6.78. The monoisotopic (exact) mass is 440 g/mol. The van der Waals surface area contributed by atoms with E-state index in [9.17, 15) is 29.3 Å². The Morgan fingerprint density at radius 1 is 1.19 bits per heavy atom. The molecule has 11 heteroatoms. The number of esters is 1. The third kappa shape index (κ3) is 5.65. The van der Waals surface area contributed by atoms with E-state index in [-0.39, 0.29) is 24.3 Å². The van der Waals surface area contributed by atoms with Gasteiger partial charge in [-0.2, -0.15) is 0 Å². The molecule has 1 aliphatic heterocycles. The molecule has 0 aliphatic carbocycles. The Balaban J connectivity index is 1.48. The summed E-state index contributed by atoms with van der Waals surface area (Å²) in [5.41, 5.74) is 3.80. The van der Waals surface area contributed by atoms with Crippen LogP contribution in [0.2, 0.25) is 0 Å². The number of nitro groups is 1. The maximum atomic E-state index is 12.3. The molecular formula is C21H20N4O7. The number of amides is 3. The molecule has 0 bridgehead atoms. The fourth-order valence-electron chi connectivity index (χ4n) is 3.01. The molecular weight excluding hydrogens is 420 g/mol. The Hall–Kier alpha value is -4.28. The van der Waals surface area contributed by atoms with Crippen molar-refractivity contribution in [3.63, 3.8) is 0 Å². The predicted octanol–water partition coefficient (Wildman–Crippen LogP) is 1.58. The fraction of sp³-hybridized carbons (Fsp3) is 0.238. The maximum Gasteiger partial charge on any atom is 0.311 e. The first-order chi connectivity index (χ1) is 15.2. The Morgan fingerprint density at radius 2 is 1.91 bits per heavy atom. The van der Waals surface area contributed by atoms with Gasteiger partial charge in [0.1, 0.15) is 0 Å². The van der Waals surface area contributed by atoms with Gasteiger partial charge in [-0.15, -0.1) is 0 Å². The highest BCUT2D eigenvalue weighted by Gasteiger charge is 2.36. The van der Waals surface area contributed by atoms with Crippen LogP contribution in [-0.4, -0.2) is 46.8 Å². The first kappa shape index (κ1) is 22.4. The topological polar surface area (TPSA) is 148 Å². The Morgan fingerprint density at radius 3 is 2.59 bits per heavy atom. The third-order valence-electron chi connectivity index (χ3n) is 4.69. The van der Waals surface area contributed by atoms with Crippen LogP contribution in [0.25, 0.3) is 0 Å². The minimum atomic E-state index is -0.841. The number of nitro benzene ring substituents is 1. The summed E-state index contributed by atoms with van der Waals surface area (Å²) in [4.78, 5) is 58.8. The summed E-state index contributed by atoms with van der Waals surface area (Å²) in [5, 5.41) is 14.2. The lowest BCUT2D eigenvalue weighted by Crippen LogP contribution is -2.43. The van der Waals surface area contributed by atoms with Gasteiger partial charge in [-0.05, 0) is 25.1 Å². The van der Waals surface area contributed by atoms with E-state index in [4.69, 9.17) is 4.74 Å². The number of rotatable bonds is 7. The molecule has 2 N–H and O–H groups in total. The summed E-state index contributed by atoms with van der Waals surface area (Å²) < 4.78 is 4.96. The van der Waals surface area contributed by atoms with Crippen molar-refractivity contribution in [1.82, 2.24) is 10.4 Å². The molecule has 1 heterocycles. The molecule has 2 aromatic rings. The van der Waals surface area contributed by atoms with Gasteiger partial charge >= 0.3 is 5.97 Å². The van der Waals surface area contributed by atoms with Crippen molar-refractivity contribution in [2.75, 3.05) is 18.5 Å². The number of hydrogen-bond acceptors (Lipinski definition) is 7. The zero-order chi connectivity index (χ0) is 23.3. The number of ether oxygens (including phenoxy) is 1. The van der Waals surface area contributed by atoms with E-state index in [0.717, 1.165) is 10.6 Å². The minimum Gasteiger partial charge on any atom is -0.455 e. The number of carbonyl (C=O) groups is 4. The van der Waals surface area contributed by atoms with Crippen molar-refractivity contribution in [2.24, 2.45) is 5.92 Å². The van der Waals surface area contributed by atoms with E-state index in [2.05, 4.69) is 10.7 Å². The van der Waals surface area contributed by atoms with Crippen molar-refractivity contribution >= 4 is 35.1 Å². The normalized spacial score (nSPS) is 15.2. The first-order valence-electron chi connectivity index (χ1n) is 9.62. The average molecular weight is 440 g/mol. The Bertz CT molecular complexity index is 1070. The van der Waals surface area contributed by atoms with E-state index >= 15 is 0 Å². The zero-order valence-electron chi connectivity index (χ0n) is 17.1. The van der Waals surface area contributed by atoms with Crippen LogP contribution in [0, 0.1) is 23.0 Å². The highest BCUT2D eigenvalue weighted by Crippen LogP contribution is 2.19. The summed E-state index contributed by atoms with van der Waals surface area (Å²) in [5.74, 6) is -3.23. The van der Waals surface area contributed by atoms with Gasteiger partial charge in [0.2, 0.25) is 5.91 Å². The number of non-ortho nitro benzene ring substituents is 1. The number of anilines is 1. The molecule has 3 rings (SSSR count). The third-order valence-corrected chi connectivity index (χ3v) is 4.69. The molecule has 3 amide bonds. The molecule has 0 radical (unpaired) electrons. The second-order valence-electron chi connectivity index (χ2n) is 7.18. The lowest BCUT2D eigenvalue weighted by Gasteiger charge is -2.17. The van der Waals surface area contributed by atoms with E-state index in [1.807, 2.05) is 6.92 Å². The van der Waals surface area contributed by atoms with Crippen molar-refractivity contribution < 1.29 is 28.8 Å². The SMILES string of the molecule is Cc1ccc(C(=O)NN2C[C@H](C(=O)OCC(=O)Nc3cccc([N+](=O)[O-])c3)CC2=O)cc1. The van der Waals surface area contributed by atoms with Gasteiger partial charge < -0.3 is 10.1 Å². The van der Waals surface area contributed by atoms with E-state index in [0.29, 0.717) is 5.56 Å². The minimum absolute atomic E-state index is 0.0816. The summed E-state index contributed by atoms with van der Waals surface area (Å²) >= 11 is 0. The largest absolute Gasteiger partial charge is 0.455 e. The van der Waals surface area contributed by atoms with E-state index < -0.39 is 41.1 Å². The van der Waals surface area contributed by atoms with Gasteiger partial charge in [0.05, 0.1) is 17.4 Å². The van der Waals surface area contributed by atoms with Gasteiger partial charge in [-0.3, -0.25) is 39.7 Å². The molecule has 0 saturated carbocycles. The lowest BCUT2D eigenvalue weighted by atomic mass is 10.1. The molecule has 0 unspecified atom stereocenters. The molecule has 1 saturated heterocycles. The number of benzene rings is 2. The molecule has 0 aromatic heterocycles. The molecule has 32 heavy (non-hydrogen) atoms. The van der Waals surface area contributed by atoms with Crippen LogP contribution in [-0.2, 0) is 19.1 Å². The quantitative estimate of drug-likeness (QED) is 0.377. The number of hydrogen-bond donors (Lipinski definition) is 2. The maximum absolute atomic E-state index is 12.3. The summed E-state index contributed by atoms with van der Waals surface area (Å²) in [7, 11) is 0. The van der Waals surface area contributed by atoms with E-state index in [1.165, 1.54) is 24.3 Å². The molecule has 1 aliphatic rings. The van der Waals surface area contributed by atoms with Crippen molar-refractivity contribution in [2.45, 2.75) is 13.3 Å². The van der Waals surface area contributed by atoms with Crippen molar-refractivity contribution in [3.05, 3.63) is 69.8 Å². The molecule has 166 valence electrons. The highest BCUT2D eigenvalue weighted by molar-refractivity contribution is 5.97. The van der Waals surface area contributed by atoms with Gasteiger partial charge in [0.15, 0.2) is 6.61 Å². The molecule has 0 spiro atoms. The van der Waals surface area contributed by atoms with Gasteiger partial charge in [0, 0.05) is 29.8 Å².